The highest BCUT2D eigenvalue weighted by Gasteiger charge is 2.49. The van der Waals surface area contributed by atoms with E-state index in [-0.39, 0.29) is 5.78 Å². The maximum absolute atomic E-state index is 12.6. The lowest BCUT2D eigenvalue weighted by atomic mass is 9.63. The van der Waals surface area contributed by atoms with Crippen LogP contribution in [0.25, 0.3) is 0 Å². The highest BCUT2D eigenvalue weighted by Crippen LogP contribution is 2.49. The highest BCUT2D eigenvalue weighted by molar-refractivity contribution is 6.13. The number of ketones is 1. The third kappa shape index (κ3) is 1.52. The summed E-state index contributed by atoms with van der Waals surface area (Å²) in [5.41, 5.74) is 1.04. The minimum absolute atomic E-state index is 0.00914. The van der Waals surface area contributed by atoms with Gasteiger partial charge in [0, 0.05) is 11.1 Å². The molecule has 2 nitrogen and oxygen atoms in total. The smallest absolute Gasteiger partial charge is 0.193 e. The Morgan fingerprint density at radius 2 is 1.25 bits per heavy atom. The molecule has 0 amide bonds. The summed E-state index contributed by atoms with van der Waals surface area (Å²) in [6.07, 6.45) is 0. The number of hydrogen-bond donors (Lipinski definition) is 1. The van der Waals surface area contributed by atoms with Crippen molar-refractivity contribution < 1.29 is 9.90 Å². The van der Waals surface area contributed by atoms with Gasteiger partial charge in [-0.05, 0) is 16.5 Å². The van der Waals surface area contributed by atoms with Gasteiger partial charge in [0.1, 0.15) is 5.60 Å². The van der Waals surface area contributed by atoms with Crippen LogP contribution in [0.2, 0.25) is 0 Å². The maximum Gasteiger partial charge on any atom is 0.193 e. The molecule has 0 aliphatic heterocycles. The van der Waals surface area contributed by atoms with Crippen LogP contribution in [0.5, 0.6) is 0 Å². The first kappa shape index (κ1) is 13.1. The summed E-state index contributed by atoms with van der Waals surface area (Å²) in [5.74, 6) is -0.00914. The normalized spacial score (nSPS) is 16.5. The molecule has 2 aromatic rings. The fourth-order valence-corrected chi connectivity index (χ4v) is 3.09. The van der Waals surface area contributed by atoms with Gasteiger partial charge in [0.2, 0.25) is 0 Å². The summed E-state index contributed by atoms with van der Waals surface area (Å²) in [4.78, 5) is 12.6. The fourth-order valence-electron chi connectivity index (χ4n) is 3.09. The average molecular weight is 266 g/mol. The summed E-state index contributed by atoms with van der Waals surface area (Å²) < 4.78 is 0. The van der Waals surface area contributed by atoms with Crippen molar-refractivity contribution in [1.82, 2.24) is 0 Å². The molecule has 0 bridgehead atoms. The topological polar surface area (TPSA) is 37.3 Å². The Balaban J connectivity index is 2.43. The van der Waals surface area contributed by atoms with Crippen molar-refractivity contribution in [3.8, 4) is 0 Å². The minimum Gasteiger partial charge on any atom is -0.380 e. The van der Waals surface area contributed by atoms with Gasteiger partial charge in [-0.1, -0.05) is 69.3 Å². The molecule has 0 saturated heterocycles. The van der Waals surface area contributed by atoms with E-state index < -0.39 is 11.0 Å². The van der Waals surface area contributed by atoms with Crippen LogP contribution in [-0.2, 0) is 5.60 Å². The summed E-state index contributed by atoms with van der Waals surface area (Å²) in [7, 11) is 0. The minimum atomic E-state index is -1.16. The van der Waals surface area contributed by atoms with Crippen molar-refractivity contribution in [3.05, 3.63) is 70.8 Å². The molecule has 1 N–H and O–H groups in total. The summed E-state index contributed by atoms with van der Waals surface area (Å²) in [6.45, 7) is 5.99. The van der Waals surface area contributed by atoms with E-state index in [0.29, 0.717) is 22.3 Å². The average Bonchev–Trinajstić information content (AvgIpc) is 2.43. The maximum atomic E-state index is 12.6. The Bertz CT molecular complexity index is 643. The standard InChI is InChI=1S/C18H18O2/c1-17(2,3)18(20)14-10-6-4-8-12(14)16(19)13-9-5-7-11-15(13)18/h4-11,20H,1-3H3. The lowest BCUT2D eigenvalue weighted by Gasteiger charge is -2.45. The molecule has 0 spiro atoms. The van der Waals surface area contributed by atoms with E-state index in [1.165, 1.54) is 0 Å². The van der Waals surface area contributed by atoms with Crippen molar-refractivity contribution >= 4 is 5.78 Å². The second-order valence-corrected chi connectivity index (χ2v) is 6.38. The number of carbonyl (C=O) groups excluding carboxylic acids is 1. The number of benzene rings is 2. The quantitative estimate of drug-likeness (QED) is 0.792. The first-order chi connectivity index (χ1) is 9.37. The number of hydrogen-bond acceptors (Lipinski definition) is 2. The summed E-state index contributed by atoms with van der Waals surface area (Å²) in [5, 5.41) is 11.5. The van der Waals surface area contributed by atoms with E-state index in [0.717, 1.165) is 0 Å². The first-order valence-electron chi connectivity index (χ1n) is 6.83. The molecule has 2 aromatic carbocycles. The second kappa shape index (κ2) is 4.03. The molecule has 3 rings (SSSR count). The fraction of sp³-hybridized carbons (Fsp3) is 0.278. The zero-order valence-corrected chi connectivity index (χ0v) is 12.0. The molecule has 20 heavy (non-hydrogen) atoms. The van der Waals surface area contributed by atoms with Crippen molar-refractivity contribution in [3.63, 3.8) is 0 Å². The van der Waals surface area contributed by atoms with Crippen LogP contribution in [0, 0.1) is 5.41 Å². The Labute approximate surface area is 119 Å². The molecule has 1 aliphatic carbocycles. The molecule has 0 saturated carbocycles. The molecule has 102 valence electrons. The van der Waals surface area contributed by atoms with Gasteiger partial charge < -0.3 is 5.11 Å². The van der Waals surface area contributed by atoms with Gasteiger partial charge in [-0.2, -0.15) is 0 Å². The largest absolute Gasteiger partial charge is 0.380 e. The van der Waals surface area contributed by atoms with Crippen LogP contribution in [0.1, 0.15) is 47.8 Å². The SMILES string of the molecule is CC(C)(C)C1(O)c2ccccc2C(=O)c2ccccc21. The molecule has 0 fully saturated rings. The highest BCUT2D eigenvalue weighted by atomic mass is 16.3. The molecule has 0 unspecified atom stereocenters. The van der Waals surface area contributed by atoms with Crippen molar-refractivity contribution in [2.24, 2.45) is 5.41 Å². The van der Waals surface area contributed by atoms with Crippen LogP contribution in [0.3, 0.4) is 0 Å². The van der Waals surface area contributed by atoms with E-state index in [1.54, 1.807) is 12.1 Å². The van der Waals surface area contributed by atoms with Gasteiger partial charge in [0.25, 0.3) is 0 Å². The van der Waals surface area contributed by atoms with E-state index >= 15 is 0 Å². The van der Waals surface area contributed by atoms with E-state index in [1.807, 2.05) is 57.2 Å². The Hall–Kier alpha value is -1.93. The van der Waals surface area contributed by atoms with E-state index in [2.05, 4.69) is 0 Å². The van der Waals surface area contributed by atoms with Gasteiger partial charge in [-0.3, -0.25) is 4.79 Å². The van der Waals surface area contributed by atoms with Gasteiger partial charge in [0.15, 0.2) is 5.78 Å². The van der Waals surface area contributed by atoms with Crippen LogP contribution >= 0.6 is 0 Å². The molecule has 1 aliphatic rings. The van der Waals surface area contributed by atoms with Gasteiger partial charge in [-0.25, -0.2) is 0 Å². The van der Waals surface area contributed by atoms with E-state index in [4.69, 9.17) is 0 Å². The number of aliphatic hydroxyl groups is 1. The molecular formula is C18H18O2. The summed E-state index contributed by atoms with van der Waals surface area (Å²) >= 11 is 0. The number of fused-ring (bicyclic) bond motifs is 2. The Morgan fingerprint density at radius 3 is 1.65 bits per heavy atom. The molecule has 0 radical (unpaired) electrons. The van der Waals surface area contributed by atoms with Gasteiger partial charge in [-0.15, -0.1) is 0 Å². The Morgan fingerprint density at radius 1 is 0.850 bits per heavy atom. The van der Waals surface area contributed by atoms with Crippen LogP contribution in [-0.4, -0.2) is 10.9 Å². The predicted octanol–water partition coefficient (Wildman–Crippen LogP) is 3.51. The molecule has 0 heterocycles. The van der Waals surface area contributed by atoms with Gasteiger partial charge >= 0.3 is 0 Å². The predicted molar refractivity (Wildman–Crippen MR) is 78.8 cm³/mol. The van der Waals surface area contributed by atoms with Crippen LogP contribution in [0.15, 0.2) is 48.5 Å². The lowest BCUT2D eigenvalue weighted by molar-refractivity contribution is -0.0283. The molecular weight excluding hydrogens is 248 g/mol. The Kier molecular flexibility index (Phi) is 2.63. The first-order valence-corrected chi connectivity index (χ1v) is 6.83. The van der Waals surface area contributed by atoms with Crippen molar-refractivity contribution in [2.45, 2.75) is 26.4 Å². The number of rotatable bonds is 0. The second-order valence-electron chi connectivity index (χ2n) is 6.38. The number of carbonyl (C=O) groups is 1. The molecule has 0 aromatic heterocycles. The lowest BCUT2D eigenvalue weighted by Crippen LogP contribution is -2.45. The zero-order valence-electron chi connectivity index (χ0n) is 12.0. The monoisotopic (exact) mass is 266 g/mol. The van der Waals surface area contributed by atoms with Crippen molar-refractivity contribution in [2.75, 3.05) is 0 Å². The van der Waals surface area contributed by atoms with Crippen LogP contribution in [0.4, 0.5) is 0 Å². The summed E-state index contributed by atoms with van der Waals surface area (Å²) in [6, 6.07) is 14.7. The third-order valence-corrected chi connectivity index (χ3v) is 4.21. The van der Waals surface area contributed by atoms with Crippen molar-refractivity contribution in [1.29, 1.82) is 0 Å². The third-order valence-electron chi connectivity index (χ3n) is 4.21. The molecule has 0 atom stereocenters. The molecule has 2 heteroatoms. The van der Waals surface area contributed by atoms with E-state index in [9.17, 15) is 9.90 Å². The van der Waals surface area contributed by atoms with Gasteiger partial charge in [0.05, 0.1) is 0 Å². The van der Waals surface area contributed by atoms with Crippen LogP contribution < -0.4 is 0 Å². The zero-order chi connectivity index (χ0) is 14.5.